The van der Waals surface area contributed by atoms with E-state index in [9.17, 15) is 4.79 Å². The molecular weight excluding hydrogens is 304 g/mol. The molecule has 2 N–H and O–H groups in total. The van der Waals surface area contributed by atoms with Gasteiger partial charge >= 0.3 is 5.97 Å². The number of hydrogen-bond acceptors (Lipinski definition) is 3. The Labute approximate surface area is 146 Å². The standard InChI is InChI=1S/C19H34N2O3/c1-2-3-4-5-6-7-8-9-10-11-12-18-20-17(13-14-22)15-21(18)16-19(23)24/h15,22H,2-14,16H2,1H3,(H,23,24). The summed E-state index contributed by atoms with van der Waals surface area (Å²) in [4.78, 5) is 15.4. The molecule has 0 spiro atoms. The van der Waals surface area contributed by atoms with Gasteiger partial charge in [0.15, 0.2) is 0 Å². The molecule has 1 aromatic heterocycles. The second kappa shape index (κ2) is 13.0. The number of rotatable bonds is 15. The van der Waals surface area contributed by atoms with Crippen LogP contribution < -0.4 is 0 Å². The minimum absolute atomic E-state index is 0.0434. The molecule has 0 fully saturated rings. The van der Waals surface area contributed by atoms with Crippen molar-refractivity contribution in [1.29, 1.82) is 0 Å². The molecule has 0 aliphatic rings. The van der Waals surface area contributed by atoms with Gasteiger partial charge in [-0.2, -0.15) is 0 Å². The van der Waals surface area contributed by atoms with E-state index in [0.29, 0.717) is 6.42 Å². The lowest BCUT2D eigenvalue weighted by atomic mass is 10.1. The van der Waals surface area contributed by atoms with Crippen LogP contribution in [0.3, 0.4) is 0 Å². The third-order valence-corrected chi connectivity index (χ3v) is 4.34. The summed E-state index contributed by atoms with van der Waals surface area (Å²) >= 11 is 0. The minimum atomic E-state index is -0.854. The Morgan fingerprint density at radius 3 is 2.12 bits per heavy atom. The van der Waals surface area contributed by atoms with Crippen LogP contribution >= 0.6 is 0 Å². The van der Waals surface area contributed by atoms with Crippen molar-refractivity contribution in [2.45, 2.75) is 90.5 Å². The van der Waals surface area contributed by atoms with Gasteiger partial charge in [0.2, 0.25) is 0 Å². The maximum absolute atomic E-state index is 10.9. The van der Waals surface area contributed by atoms with E-state index < -0.39 is 5.97 Å². The highest BCUT2D eigenvalue weighted by Crippen LogP contribution is 2.13. The Hall–Kier alpha value is -1.36. The van der Waals surface area contributed by atoms with E-state index >= 15 is 0 Å². The van der Waals surface area contributed by atoms with Gasteiger partial charge in [0.25, 0.3) is 0 Å². The quantitative estimate of drug-likeness (QED) is 0.475. The molecule has 138 valence electrons. The first-order chi connectivity index (χ1) is 11.7. The van der Waals surface area contributed by atoms with E-state index in [-0.39, 0.29) is 13.2 Å². The largest absolute Gasteiger partial charge is 0.480 e. The summed E-state index contributed by atoms with van der Waals surface area (Å²) < 4.78 is 1.71. The fourth-order valence-electron chi connectivity index (χ4n) is 3.00. The number of hydrogen-bond donors (Lipinski definition) is 2. The summed E-state index contributed by atoms with van der Waals surface area (Å²) in [5, 5.41) is 18.0. The van der Waals surface area contributed by atoms with Crippen molar-refractivity contribution in [1.82, 2.24) is 9.55 Å². The van der Waals surface area contributed by atoms with Crippen LogP contribution in [0.2, 0.25) is 0 Å². The molecule has 1 aromatic rings. The summed E-state index contributed by atoms with van der Waals surface area (Å²) in [7, 11) is 0. The molecule has 0 atom stereocenters. The Morgan fingerprint density at radius 1 is 1.00 bits per heavy atom. The van der Waals surface area contributed by atoms with Gasteiger partial charge in [-0.1, -0.05) is 64.7 Å². The molecule has 0 aliphatic heterocycles. The fraction of sp³-hybridized carbons (Fsp3) is 0.789. The van der Waals surface area contributed by atoms with Crippen molar-refractivity contribution >= 4 is 5.97 Å². The third-order valence-electron chi connectivity index (χ3n) is 4.34. The molecule has 0 saturated carbocycles. The van der Waals surface area contributed by atoms with Crippen LogP contribution in [0.15, 0.2) is 6.20 Å². The number of aliphatic hydroxyl groups is 1. The number of carbonyl (C=O) groups is 1. The maximum atomic E-state index is 10.9. The summed E-state index contributed by atoms with van der Waals surface area (Å²) in [5.74, 6) is -0.0207. The zero-order valence-electron chi connectivity index (χ0n) is 15.2. The molecule has 0 radical (unpaired) electrons. The summed E-state index contributed by atoms with van der Waals surface area (Å²) in [6, 6.07) is 0. The predicted octanol–water partition coefficient (Wildman–Crippen LogP) is 3.97. The smallest absolute Gasteiger partial charge is 0.323 e. The van der Waals surface area contributed by atoms with Crippen molar-refractivity contribution in [3.05, 3.63) is 17.7 Å². The molecule has 0 saturated heterocycles. The number of aliphatic carboxylic acids is 1. The maximum Gasteiger partial charge on any atom is 0.323 e. The zero-order valence-corrected chi connectivity index (χ0v) is 15.2. The molecular formula is C19H34N2O3. The monoisotopic (exact) mass is 338 g/mol. The number of aromatic nitrogens is 2. The normalized spacial score (nSPS) is 11.1. The lowest BCUT2D eigenvalue weighted by Crippen LogP contribution is -2.11. The molecule has 24 heavy (non-hydrogen) atoms. The van der Waals surface area contributed by atoms with Crippen molar-refractivity contribution in [3.63, 3.8) is 0 Å². The predicted molar refractivity (Wildman–Crippen MR) is 96.2 cm³/mol. The van der Waals surface area contributed by atoms with Gasteiger partial charge in [-0.25, -0.2) is 4.98 Å². The van der Waals surface area contributed by atoms with Crippen LogP contribution in [0.1, 0.15) is 82.7 Å². The van der Waals surface area contributed by atoms with E-state index in [0.717, 1.165) is 24.4 Å². The second-order valence-electron chi connectivity index (χ2n) is 6.58. The van der Waals surface area contributed by atoms with Gasteiger partial charge in [0, 0.05) is 25.6 Å². The van der Waals surface area contributed by atoms with E-state index in [1.54, 1.807) is 10.8 Å². The van der Waals surface area contributed by atoms with Crippen LogP contribution in [-0.2, 0) is 24.2 Å². The summed E-state index contributed by atoms with van der Waals surface area (Å²) in [6.07, 6.45) is 15.9. The molecule has 0 bridgehead atoms. The Morgan fingerprint density at radius 2 is 1.58 bits per heavy atom. The van der Waals surface area contributed by atoms with E-state index in [2.05, 4.69) is 11.9 Å². The highest BCUT2D eigenvalue weighted by Gasteiger charge is 2.10. The highest BCUT2D eigenvalue weighted by atomic mass is 16.4. The van der Waals surface area contributed by atoms with Crippen molar-refractivity contribution in [3.8, 4) is 0 Å². The molecule has 5 nitrogen and oxygen atoms in total. The number of unbranched alkanes of at least 4 members (excludes halogenated alkanes) is 9. The topological polar surface area (TPSA) is 75.4 Å². The van der Waals surface area contributed by atoms with Crippen molar-refractivity contribution < 1.29 is 15.0 Å². The number of carboxylic acid groups (broad SMARTS) is 1. The van der Waals surface area contributed by atoms with Gasteiger partial charge in [0.05, 0.1) is 5.69 Å². The second-order valence-corrected chi connectivity index (χ2v) is 6.58. The van der Waals surface area contributed by atoms with Crippen LogP contribution in [0.25, 0.3) is 0 Å². The SMILES string of the molecule is CCCCCCCCCCCCc1nc(CCO)cn1CC(=O)O. The van der Waals surface area contributed by atoms with Gasteiger partial charge in [0.1, 0.15) is 12.4 Å². The average Bonchev–Trinajstić information content (AvgIpc) is 2.90. The first-order valence-corrected chi connectivity index (χ1v) is 9.55. The highest BCUT2D eigenvalue weighted by molar-refractivity contribution is 5.66. The Kier molecular flexibility index (Phi) is 11.2. The first kappa shape index (κ1) is 20.7. The van der Waals surface area contributed by atoms with Crippen molar-refractivity contribution in [2.24, 2.45) is 0 Å². The molecule has 0 amide bonds. The molecule has 1 heterocycles. The molecule has 0 aliphatic carbocycles. The fourth-order valence-corrected chi connectivity index (χ4v) is 3.00. The Balaban J connectivity index is 2.20. The molecule has 5 heteroatoms. The minimum Gasteiger partial charge on any atom is -0.480 e. The van der Waals surface area contributed by atoms with E-state index in [1.165, 1.54) is 57.8 Å². The van der Waals surface area contributed by atoms with E-state index in [1.807, 2.05) is 0 Å². The van der Waals surface area contributed by atoms with Gasteiger partial charge in [-0.15, -0.1) is 0 Å². The number of aliphatic hydroxyl groups excluding tert-OH is 1. The van der Waals surface area contributed by atoms with Crippen LogP contribution in [0.4, 0.5) is 0 Å². The number of aryl methyl sites for hydroxylation is 1. The molecule has 0 unspecified atom stereocenters. The number of carboxylic acids is 1. The van der Waals surface area contributed by atoms with Crippen LogP contribution in [0, 0.1) is 0 Å². The third kappa shape index (κ3) is 9.06. The number of nitrogens with zero attached hydrogens (tertiary/aromatic N) is 2. The van der Waals surface area contributed by atoms with Gasteiger partial charge < -0.3 is 14.8 Å². The lowest BCUT2D eigenvalue weighted by molar-refractivity contribution is -0.137. The summed E-state index contributed by atoms with van der Waals surface area (Å²) in [6.45, 7) is 2.24. The molecule has 0 aromatic carbocycles. The number of imidazole rings is 1. The van der Waals surface area contributed by atoms with Crippen LogP contribution in [-0.4, -0.2) is 32.3 Å². The first-order valence-electron chi connectivity index (χ1n) is 9.55. The summed E-state index contributed by atoms with van der Waals surface area (Å²) in [5.41, 5.74) is 0.779. The zero-order chi connectivity index (χ0) is 17.6. The molecule has 1 rings (SSSR count). The average molecular weight is 338 g/mol. The van der Waals surface area contributed by atoms with Crippen LogP contribution in [0.5, 0.6) is 0 Å². The van der Waals surface area contributed by atoms with Crippen molar-refractivity contribution in [2.75, 3.05) is 6.61 Å². The Bertz CT molecular complexity index is 457. The van der Waals surface area contributed by atoms with Gasteiger partial charge in [-0.05, 0) is 6.42 Å². The lowest BCUT2D eigenvalue weighted by Gasteiger charge is -2.05. The van der Waals surface area contributed by atoms with Gasteiger partial charge in [-0.3, -0.25) is 4.79 Å². The van der Waals surface area contributed by atoms with E-state index in [4.69, 9.17) is 10.2 Å².